The fraction of sp³-hybridized carbons (Fsp3) is 0.208. The zero-order valence-electron chi connectivity index (χ0n) is 17.8. The van der Waals surface area contributed by atoms with Crippen molar-refractivity contribution in [3.8, 4) is 5.75 Å². The van der Waals surface area contributed by atoms with Crippen LogP contribution in [0, 0.1) is 0 Å². The van der Waals surface area contributed by atoms with Crippen molar-refractivity contribution >= 4 is 34.9 Å². The van der Waals surface area contributed by atoms with Crippen LogP contribution in [-0.2, 0) is 21.7 Å². The largest absolute Gasteiger partial charge is 0.497 e. The second-order valence-electron chi connectivity index (χ2n) is 7.57. The standard InChI is InChI=1S/C24H23N3O4S/c1-24(17-7-4-3-5-8-17)22(29)27(23(30)25-24)16-21(28)26(15-20-9-6-14-32-20)18-10-12-19(31-2)13-11-18/h3-14H,15-16H2,1-2H3,(H,25,30). The summed E-state index contributed by atoms with van der Waals surface area (Å²) in [6.07, 6.45) is 0. The number of anilines is 1. The lowest BCUT2D eigenvalue weighted by Crippen LogP contribution is -2.44. The van der Waals surface area contributed by atoms with Crippen LogP contribution in [0.3, 0.4) is 0 Å². The molecule has 0 radical (unpaired) electrons. The number of ether oxygens (including phenoxy) is 1. The molecule has 4 amide bonds. The van der Waals surface area contributed by atoms with E-state index in [0.29, 0.717) is 23.5 Å². The van der Waals surface area contributed by atoms with Crippen molar-refractivity contribution in [2.75, 3.05) is 18.6 Å². The molecule has 1 N–H and O–H groups in total. The number of amides is 4. The first-order chi connectivity index (χ1) is 15.4. The van der Waals surface area contributed by atoms with E-state index in [1.807, 2.05) is 23.6 Å². The zero-order valence-corrected chi connectivity index (χ0v) is 18.6. The molecule has 1 aliphatic rings. The van der Waals surface area contributed by atoms with Crippen LogP contribution in [0.2, 0.25) is 0 Å². The number of nitrogens with zero attached hydrogens (tertiary/aromatic N) is 2. The fourth-order valence-corrected chi connectivity index (χ4v) is 4.37. The van der Waals surface area contributed by atoms with Gasteiger partial charge in [0.25, 0.3) is 5.91 Å². The van der Waals surface area contributed by atoms with E-state index in [0.717, 1.165) is 9.78 Å². The molecule has 1 unspecified atom stereocenters. The summed E-state index contributed by atoms with van der Waals surface area (Å²) in [7, 11) is 1.57. The molecular weight excluding hydrogens is 426 g/mol. The van der Waals surface area contributed by atoms with Crippen LogP contribution in [0.15, 0.2) is 72.1 Å². The lowest BCUT2D eigenvalue weighted by Gasteiger charge is -2.25. The third-order valence-corrected chi connectivity index (χ3v) is 6.36. The molecule has 7 nitrogen and oxygen atoms in total. The molecule has 0 spiro atoms. The highest BCUT2D eigenvalue weighted by molar-refractivity contribution is 7.09. The molecule has 0 aliphatic carbocycles. The number of methoxy groups -OCH3 is 1. The predicted octanol–water partition coefficient (Wildman–Crippen LogP) is 3.76. The maximum Gasteiger partial charge on any atom is 0.325 e. The molecule has 8 heteroatoms. The number of thiophene rings is 1. The second-order valence-corrected chi connectivity index (χ2v) is 8.60. The van der Waals surface area contributed by atoms with Crippen LogP contribution < -0.4 is 15.0 Å². The Morgan fingerprint density at radius 3 is 2.41 bits per heavy atom. The fourth-order valence-electron chi connectivity index (χ4n) is 3.67. The van der Waals surface area contributed by atoms with E-state index < -0.39 is 17.5 Å². The molecule has 164 valence electrons. The van der Waals surface area contributed by atoms with Crippen LogP contribution in [-0.4, -0.2) is 36.4 Å². The molecule has 3 aromatic rings. The van der Waals surface area contributed by atoms with Gasteiger partial charge in [-0.3, -0.25) is 14.5 Å². The third kappa shape index (κ3) is 4.09. The molecule has 32 heavy (non-hydrogen) atoms. The highest BCUT2D eigenvalue weighted by Gasteiger charge is 2.49. The van der Waals surface area contributed by atoms with Gasteiger partial charge < -0.3 is 15.0 Å². The summed E-state index contributed by atoms with van der Waals surface area (Å²) in [5.74, 6) is -0.137. The van der Waals surface area contributed by atoms with E-state index in [1.54, 1.807) is 67.5 Å². The molecule has 1 fully saturated rings. The van der Waals surface area contributed by atoms with Crippen molar-refractivity contribution in [3.63, 3.8) is 0 Å². The van der Waals surface area contributed by atoms with E-state index in [2.05, 4.69) is 5.32 Å². The summed E-state index contributed by atoms with van der Waals surface area (Å²) in [6, 6.07) is 19.4. The Labute approximate surface area is 190 Å². The molecule has 1 aliphatic heterocycles. The molecule has 2 aromatic carbocycles. The van der Waals surface area contributed by atoms with Gasteiger partial charge in [0.1, 0.15) is 17.8 Å². The van der Waals surface area contributed by atoms with Crippen molar-refractivity contribution in [1.29, 1.82) is 0 Å². The predicted molar refractivity (Wildman–Crippen MR) is 123 cm³/mol. The summed E-state index contributed by atoms with van der Waals surface area (Å²) in [4.78, 5) is 42.8. The molecule has 1 aromatic heterocycles. The smallest absolute Gasteiger partial charge is 0.325 e. The van der Waals surface area contributed by atoms with Gasteiger partial charge in [0.2, 0.25) is 5.91 Å². The Balaban J connectivity index is 1.58. The second kappa shape index (κ2) is 8.84. The monoisotopic (exact) mass is 449 g/mol. The van der Waals surface area contributed by atoms with Gasteiger partial charge >= 0.3 is 6.03 Å². The number of rotatable bonds is 7. The van der Waals surface area contributed by atoms with Crippen molar-refractivity contribution in [3.05, 3.63) is 82.6 Å². The summed E-state index contributed by atoms with van der Waals surface area (Å²) in [5, 5.41) is 4.68. The van der Waals surface area contributed by atoms with E-state index in [-0.39, 0.29) is 12.5 Å². The molecular formula is C24H23N3O4S. The topological polar surface area (TPSA) is 79.0 Å². The third-order valence-electron chi connectivity index (χ3n) is 5.50. The minimum absolute atomic E-state index is 0.336. The van der Waals surface area contributed by atoms with Crippen LogP contribution in [0.5, 0.6) is 5.75 Å². The average molecular weight is 450 g/mol. The Morgan fingerprint density at radius 2 is 1.78 bits per heavy atom. The highest BCUT2D eigenvalue weighted by atomic mass is 32.1. The van der Waals surface area contributed by atoms with Gasteiger partial charge in [-0.15, -0.1) is 11.3 Å². The number of hydrogen-bond acceptors (Lipinski definition) is 5. The van der Waals surface area contributed by atoms with Gasteiger partial charge in [-0.05, 0) is 48.2 Å². The summed E-state index contributed by atoms with van der Waals surface area (Å²) >= 11 is 1.53. The maximum absolute atomic E-state index is 13.3. The number of benzene rings is 2. The Kier molecular flexibility index (Phi) is 5.96. The zero-order chi connectivity index (χ0) is 22.7. The molecule has 1 saturated heterocycles. The molecule has 0 bridgehead atoms. The number of hydrogen-bond donors (Lipinski definition) is 1. The van der Waals surface area contributed by atoms with Gasteiger partial charge in [0, 0.05) is 10.6 Å². The van der Waals surface area contributed by atoms with Gasteiger partial charge in [0.15, 0.2) is 0 Å². The minimum Gasteiger partial charge on any atom is -0.497 e. The number of carbonyl (C=O) groups excluding carboxylic acids is 3. The van der Waals surface area contributed by atoms with Crippen molar-refractivity contribution in [1.82, 2.24) is 10.2 Å². The quantitative estimate of drug-likeness (QED) is 0.557. The van der Waals surface area contributed by atoms with Gasteiger partial charge in [-0.2, -0.15) is 0 Å². The van der Waals surface area contributed by atoms with E-state index in [1.165, 1.54) is 11.3 Å². The van der Waals surface area contributed by atoms with Crippen LogP contribution >= 0.6 is 11.3 Å². The summed E-state index contributed by atoms with van der Waals surface area (Å²) < 4.78 is 5.21. The first kappa shape index (κ1) is 21.6. The average Bonchev–Trinajstić information content (AvgIpc) is 3.41. The molecule has 4 rings (SSSR count). The van der Waals surface area contributed by atoms with E-state index in [4.69, 9.17) is 4.74 Å². The van der Waals surface area contributed by atoms with Crippen molar-refractivity contribution in [2.24, 2.45) is 0 Å². The van der Waals surface area contributed by atoms with Crippen LogP contribution in [0.25, 0.3) is 0 Å². The Hall–Kier alpha value is -3.65. The van der Waals surface area contributed by atoms with Gasteiger partial charge in [-0.25, -0.2) is 4.79 Å². The van der Waals surface area contributed by atoms with Crippen molar-refractivity contribution < 1.29 is 19.1 Å². The number of imide groups is 1. The van der Waals surface area contributed by atoms with E-state index in [9.17, 15) is 14.4 Å². The normalized spacial score (nSPS) is 17.9. The van der Waals surface area contributed by atoms with Crippen LogP contribution in [0.1, 0.15) is 17.4 Å². The first-order valence-corrected chi connectivity index (χ1v) is 11.0. The first-order valence-electron chi connectivity index (χ1n) is 10.1. The van der Waals surface area contributed by atoms with Gasteiger partial charge in [-0.1, -0.05) is 36.4 Å². The molecule has 1 atom stereocenters. The summed E-state index contributed by atoms with van der Waals surface area (Å²) in [5.41, 5.74) is 0.109. The number of urea groups is 1. The Morgan fingerprint density at radius 1 is 1.06 bits per heavy atom. The van der Waals surface area contributed by atoms with Gasteiger partial charge in [0.05, 0.1) is 13.7 Å². The van der Waals surface area contributed by atoms with Crippen LogP contribution in [0.4, 0.5) is 10.5 Å². The maximum atomic E-state index is 13.3. The minimum atomic E-state index is -1.21. The number of nitrogens with one attached hydrogen (secondary N) is 1. The van der Waals surface area contributed by atoms with Crippen molar-refractivity contribution in [2.45, 2.75) is 19.0 Å². The summed E-state index contributed by atoms with van der Waals surface area (Å²) in [6.45, 7) is 1.63. The number of carbonyl (C=O) groups is 3. The molecule has 2 heterocycles. The SMILES string of the molecule is COc1ccc(N(Cc2cccs2)C(=O)CN2C(=O)NC(C)(c3ccccc3)C2=O)cc1. The molecule has 0 saturated carbocycles. The lowest BCUT2D eigenvalue weighted by molar-refractivity contribution is -0.134. The highest BCUT2D eigenvalue weighted by Crippen LogP contribution is 2.29. The van der Waals surface area contributed by atoms with E-state index >= 15 is 0 Å². The lowest BCUT2D eigenvalue weighted by atomic mass is 9.92. The Bertz CT molecular complexity index is 1120.